The number of aryl methyl sites for hydroxylation is 1. The standard InChI is InChI=1S/C22H29N5O/c1-2-23-21(25-17-22(28)11-10-18-7-3-4-8-19(18)22)27-15-13-26(14-16-27)20-9-5-6-12-24-20/h3-9,12,28H,2,10-11,13-17H2,1H3,(H,23,25). The molecule has 1 aromatic heterocycles. The summed E-state index contributed by atoms with van der Waals surface area (Å²) in [5.74, 6) is 1.92. The number of nitrogens with one attached hydrogen (secondary N) is 1. The van der Waals surface area contributed by atoms with E-state index in [1.165, 1.54) is 5.56 Å². The summed E-state index contributed by atoms with van der Waals surface area (Å²) in [4.78, 5) is 13.9. The zero-order valence-corrected chi connectivity index (χ0v) is 16.5. The van der Waals surface area contributed by atoms with Crippen molar-refractivity contribution in [3.05, 3.63) is 59.8 Å². The van der Waals surface area contributed by atoms with Crippen LogP contribution in [0.1, 0.15) is 24.5 Å². The minimum Gasteiger partial charge on any atom is -0.383 e. The van der Waals surface area contributed by atoms with Gasteiger partial charge in [0, 0.05) is 38.9 Å². The Hall–Kier alpha value is -2.60. The van der Waals surface area contributed by atoms with Gasteiger partial charge in [0.15, 0.2) is 5.96 Å². The molecule has 6 nitrogen and oxygen atoms in total. The Morgan fingerprint density at radius 3 is 2.68 bits per heavy atom. The third kappa shape index (κ3) is 3.83. The lowest BCUT2D eigenvalue weighted by Crippen LogP contribution is -2.53. The minimum atomic E-state index is -0.854. The van der Waals surface area contributed by atoms with Crippen LogP contribution >= 0.6 is 0 Å². The van der Waals surface area contributed by atoms with Crippen LogP contribution in [-0.4, -0.2) is 60.2 Å². The van der Waals surface area contributed by atoms with E-state index in [1.807, 2.05) is 36.5 Å². The fourth-order valence-electron chi connectivity index (χ4n) is 4.15. The molecule has 0 spiro atoms. The quantitative estimate of drug-likeness (QED) is 0.628. The number of pyridine rings is 1. The average molecular weight is 380 g/mol. The second-order valence-electron chi connectivity index (χ2n) is 7.52. The maximum atomic E-state index is 11.2. The number of guanidine groups is 1. The average Bonchev–Trinajstić information content (AvgIpc) is 3.09. The highest BCUT2D eigenvalue weighted by Crippen LogP contribution is 2.36. The molecule has 2 aromatic rings. The first-order valence-electron chi connectivity index (χ1n) is 10.2. The summed E-state index contributed by atoms with van der Waals surface area (Å²) >= 11 is 0. The largest absolute Gasteiger partial charge is 0.383 e. The first kappa shape index (κ1) is 18.7. The molecule has 0 saturated carbocycles. The SMILES string of the molecule is CCNC(=NCC1(O)CCc2ccccc21)N1CCN(c2ccccn2)CC1. The lowest BCUT2D eigenvalue weighted by Gasteiger charge is -2.37. The Balaban J connectivity index is 1.43. The van der Waals surface area contributed by atoms with Crippen molar-refractivity contribution in [1.82, 2.24) is 15.2 Å². The van der Waals surface area contributed by atoms with Gasteiger partial charge in [-0.3, -0.25) is 0 Å². The molecular weight excluding hydrogens is 350 g/mol. The number of aliphatic hydroxyl groups is 1. The molecule has 1 aliphatic carbocycles. The molecule has 148 valence electrons. The maximum absolute atomic E-state index is 11.2. The van der Waals surface area contributed by atoms with Gasteiger partial charge in [-0.25, -0.2) is 9.98 Å². The van der Waals surface area contributed by atoms with E-state index in [4.69, 9.17) is 4.99 Å². The van der Waals surface area contributed by atoms with Crippen molar-refractivity contribution in [2.24, 2.45) is 4.99 Å². The third-order valence-corrected chi connectivity index (χ3v) is 5.70. The van der Waals surface area contributed by atoms with Gasteiger partial charge in [0.2, 0.25) is 0 Å². The van der Waals surface area contributed by atoms with Crippen molar-refractivity contribution in [3.63, 3.8) is 0 Å². The molecule has 2 N–H and O–H groups in total. The van der Waals surface area contributed by atoms with Gasteiger partial charge in [-0.1, -0.05) is 30.3 Å². The van der Waals surface area contributed by atoms with E-state index in [9.17, 15) is 5.11 Å². The van der Waals surface area contributed by atoms with Gasteiger partial charge in [-0.05, 0) is 43.0 Å². The van der Waals surface area contributed by atoms with Crippen molar-refractivity contribution in [3.8, 4) is 0 Å². The number of anilines is 1. The van der Waals surface area contributed by atoms with Crippen LogP contribution in [0.3, 0.4) is 0 Å². The summed E-state index contributed by atoms with van der Waals surface area (Å²) in [5.41, 5.74) is 1.43. The molecule has 1 atom stereocenters. The lowest BCUT2D eigenvalue weighted by atomic mass is 9.96. The zero-order valence-electron chi connectivity index (χ0n) is 16.5. The summed E-state index contributed by atoms with van der Waals surface area (Å²) in [6.07, 6.45) is 3.50. The van der Waals surface area contributed by atoms with Crippen LogP contribution in [0, 0.1) is 0 Å². The summed E-state index contributed by atoms with van der Waals surface area (Å²) in [7, 11) is 0. The maximum Gasteiger partial charge on any atom is 0.194 e. The van der Waals surface area contributed by atoms with Crippen molar-refractivity contribution >= 4 is 11.8 Å². The highest BCUT2D eigenvalue weighted by molar-refractivity contribution is 5.80. The molecule has 2 heterocycles. The summed E-state index contributed by atoms with van der Waals surface area (Å²) < 4.78 is 0. The molecule has 1 saturated heterocycles. The monoisotopic (exact) mass is 379 g/mol. The van der Waals surface area contributed by atoms with E-state index < -0.39 is 5.60 Å². The van der Waals surface area contributed by atoms with Crippen LogP contribution in [-0.2, 0) is 12.0 Å². The fraction of sp³-hybridized carbons (Fsp3) is 0.455. The number of rotatable bonds is 4. The van der Waals surface area contributed by atoms with Crippen LogP contribution in [0.15, 0.2) is 53.7 Å². The number of hydrogen-bond donors (Lipinski definition) is 2. The molecule has 1 aliphatic heterocycles. The predicted molar refractivity (Wildman–Crippen MR) is 113 cm³/mol. The van der Waals surface area contributed by atoms with Crippen molar-refractivity contribution in [2.45, 2.75) is 25.4 Å². The molecule has 1 fully saturated rings. The topological polar surface area (TPSA) is 64.0 Å². The predicted octanol–water partition coefficient (Wildman–Crippen LogP) is 2.00. The van der Waals surface area contributed by atoms with Gasteiger partial charge < -0.3 is 20.2 Å². The van der Waals surface area contributed by atoms with E-state index in [-0.39, 0.29) is 0 Å². The van der Waals surface area contributed by atoms with Gasteiger partial charge in [0.05, 0.1) is 6.54 Å². The Morgan fingerprint density at radius 1 is 1.14 bits per heavy atom. The van der Waals surface area contributed by atoms with E-state index in [2.05, 4.69) is 39.2 Å². The van der Waals surface area contributed by atoms with Gasteiger partial charge >= 0.3 is 0 Å². The van der Waals surface area contributed by atoms with Crippen LogP contribution < -0.4 is 10.2 Å². The van der Waals surface area contributed by atoms with E-state index in [1.54, 1.807) is 0 Å². The number of piperazine rings is 1. The third-order valence-electron chi connectivity index (χ3n) is 5.70. The first-order chi connectivity index (χ1) is 13.7. The molecule has 1 aromatic carbocycles. The molecule has 0 amide bonds. The van der Waals surface area contributed by atoms with Crippen molar-refractivity contribution in [2.75, 3.05) is 44.2 Å². The Morgan fingerprint density at radius 2 is 1.93 bits per heavy atom. The lowest BCUT2D eigenvalue weighted by molar-refractivity contribution is 0.0482. The van der Waals surface area contributed by atoms with Gasteiger partial charge in [-0.2, -0.15) is 0 Å². The normalized spacial score (nSPS) is 22.3. The Bertz CT molecular complexity index is 817. The molecule has 0 bridgehead atoms. The number of fused-ring (bicyclic) bond motifs is 1. The highest BCUT2D eigenvalue weighted by Gasteiger charge is 2.36. The molecule has 1 unspecified atom stereocenters. The van der Waals surface area contributed by atoms with Crippen LogP contribution in [0.5, 0.6) is 0 Å². The number of benzene rings is 1. The smallest absolute Gasteiger partial charge is 0.194 e. The number of hydrogen-bond acceptors (Lipinski definition) is 4. The molecule has 0 radical (unpaired) electrons. The van der Waals surface area contributed by atoms with E-state index in [0.717, 1.165) is 62.9 Å². The first-order valence-corrected chi connectivity index (χ1v) is 10.2. The minimum absolute atomic E-state index is 0.396. The number of aromatic nitrogens is 1. The summed E-state index contributed by atoms with van der Waals surface area (Å²) in [6.45, 7) is 6.89. The summed E-state index contributed by atoms with van der Waals surface area (Å²) in [5, 5.41) is 14.6. The Labute approximate surface area is 166 Å². The van der Waals surface area contributed by atoms with Gasteiger partial charge in [0.25, 0.3) is 0 Å². The van der Waals surface area contributed by atoms with E-state index in [0.29, 0.717) is 6.54 Å². The molecule has 6 heteroatoms. The molecule has 4 rings (SSSR count). The van der Waals surface area contributed by atoms with Crippen molar-refractivity contribution < 1.29 is 5.11 Å². The van der Waals surface area contributed by atoms with Crippen LogP contribution in [0.4, 0.5) is 5.82 Å². The highest BCUT2D eigenvalue weighted by atomic mass is 16.3. The summed E-state index contributed by atoms with van der Waals surface area (Å²) in [6, 6.07) is 14.2. The number of nitrogens with zero attached hydrogens (tertiary/aromatic N) is 4. The second kappa shape index (κ2) is 8.19. The van der Waals surface area contributed by atoms with Gasteiger partial charge in [0.1, 0.15) is 11.4 Å². The zero-order chi connectivity index (χ0) is 19.4. The molecule has 2 aliphatic rings. The van der Waals surface area contributed by atoms with Crippen LogP contribution in [0.25, 0.3) is 0 Å². The number of aliphatic imine (C=N–C) groups is 1. The van der Waals surface area contributed by atoms with Gasteiger partial charge in [-0.15, -0.1) is 0 Å². The molecular formula is C22H29N5O. The fourth-order valence-corrected chi connectivity index (χ4v) is 4.15. The van der Waals surface area contributed by atoms with Crippen LogP contribution in [0.2, 0.25) is 0 Å². The Kier molecular flexibility index (Phi) is 5.48. The molecule has 28 heavy (non-hydrogen) atoms. The van der Waals surface area contributed by atoms with E-state index >= 15 is 0 Å². The second-order valence-corrected chi connectivity index (χ2v) is 7.52. The van der Waals surface area contributed by atoms with Crippen molar-refractivity contribution in [1.29, 1.82) is 0 Å².